The fourth-order valence-electron chi connectivity index (χ4n) is 2.93. The zero-order valence-electron chi connectivity index (χ0n) is 12.1. The molecule has 106 valence electrons. The van der Waals surface area contributed by atoms with Crippen molar-refractivity contribution in [3.05, 3.63) is 53.0 Å². The zero-order valence-corrected chi connectivity index (χ0v) is 12.1. The quantitative estimate of drug-likeness (QED) is 0.919. The van der Waals surface area contributed by atoms with Gasteiger partial charge in [0.2, 0.25) is 0 Å². The van der Waals surface area contributed by atoms with E-state index >= 15 is 0 Å². The lowest BCUT2D eigenvalue weighted by Crippen LogP contribution is -2.24. The Bertz CT molecular complexity index is 588. The molecule has 1 aliphatic rings. The summed E-state index contributed by atoms with van der Waals surface area (Å²) in [6.45, 7) is 2.76. The lowest BCUT2D eigenvalue weighted by Gasteiger charge is -2.26. The second kappa shape index (κ2) is 5.71. The van der Waals surface area contributed by atoms with Crippen LogP contribution in [-0.4, -0.2) is 7.11 Å². The van der Waals surface area contributed by atoms with E-state index < -0.39 is 0 Å². The molecule has 1 heterocycles. The number of methoxy groups -OCH3 is 1. The Morgan fingerprint density at radius 3 is 2.95 bits per heavy atom. The van der Waals surface area contributed by atoms with Gasteiger partial charge in [0, 0.05) is 6.04 Å². The fraction of sp³-hybridized carbons (Fsp3) is 0.412. The van der Waals surface area contributed by atoms with Gasteiger partial charge < -0.3 is 14.5 Å². The third-order valence-electron chi connectivity index (χ3n) is 3.98. The van der Waals surface area contributed by atoms with Crippen LogP contribution in [-0.2, 0) is 13.0 Å². The Hall–Kier alpha value is -1.74. The maximum Gasteiger partial charge on any atom is 0.119 e. The predicted molar refractivity (Wildman–Crippen MR) is 79.0 cm³/mol. The number of benzene rings is 1. The number of hydrogen-bond donors (Lipinski definition) is 1. The average Bonchev–Trinajstić information content (AvgIpc) is 2.90. The molecule has 3 rings (SSSR count). The first-order chi connectivity index (χ1) is 9.76. The van der Waals surface area contributed by atoms with Gasteiger partial charge in [-0.2, -0.15) is 0 Å². The topological polar surface area (TPSA) is 34.4 Å². The average molecular weight is 271 g/mol. The standard InChI is InChI=1S/C17H21NO2/c1-12-6-7-15(20-12)11-18-17-5-3-4-13-10-14(19-2)8-9-16(13)17/h6-10,17-18H,3-5,11H2,1-2H3. The molecule has 0 saturated carbocycles. The van der Waals surface area contributed by atoms with E-state index in [1.165, 1.54) is 24.0 Å². The molecule has 1 unspecified atom stereocenters. The summed E-state index contributed by atoms with van der Waals surface area (Å²) >= 11 is 0. The number of rotatable bonds is 4. The number of nitrogens with one attached hydrogen (secondary N) is 1. The molecule has 0 bridgehead atoms. The van der Waals surface area contributed by atoms with Crippen LogP contribution < -0.4 is 10.1 Å². The minimum Gasteiger partial charge on any atom is -0.497 e. The van der Waals surface area contributed by atoms with Crippen molar-refractivity contribution in [3.8, 4) is 5.75 Å². The molecule has 1 atom stereocenters. The summed E-state index contributed by atoms with van der Waals surface area (Å²) in [4.78, 5) is 0. The highest BCUT2D eigenvalue weighted by molar-refractivity contribution is 5.39. The molecule has 1 aromatic carbocycles. The van der Waals surface area contributed by atoms with E-state index in [4.69, 9.17) is 9.15 Å². The molecule has 0 amide bonds. The number of ether oxygens (including phenoxy) is 1. The van der Waals surface area contributed by atoms with Crippen molar-refractivity contribution in [2.24, 2.45) is 0 Å². The molecule has 0 fully saturated rings. The maximum absolute atomic E-state index is 5.62. The fourth-order valence-corrected chi connectivity index (χ4v) is 2.93. The van der Waals surface area contributed by atoms with Gasteiger partial charge in [0.25, 0.3) is 0 Å². The third kappa shape index (κ3) is 2.73. The van der Waals surface area contributed by atoms with Crippen LogP contribution in [0.2, 0.25) is 0 Å². The SMILES string of the molecule is COc1ccc2c(c1)CCCC2NCc1ccc(C)o1. The van der Waals surface area contributed by atoms with Crippen molar-refractivity contribution in [2.45, 2.75) is 38.8 Å². The first kappa shape index (κ1) is 13.3. The van der Waals surface area contributed by atoms with E-state index in [9.17, 15) is 0 Å². The van der Waals surface area contributed by atoms with Gasteiger partial charge in [-0.05, 0) is 61.6 Å². The van der Waals surface area contributed by atoms with Crippen molar-refractivity contribution >= 4 is 0 Å². The van der Waals surface area contributed by atoms with E-state index in [1.807, 2.05) is 19.1 Å². The normalized spacial score (nSPS) is 17.8. The first-order valence-electron chi connectivity index (χ1n) is 7.22. The predicted octanol–water partition coefficient (Wildman–Crippen LogP) is 3.76. The van der Waals surface area contributed by atoms with Gasteiger partial charge >= 0.3 is 0 Å². The number of furan rings is 1. The summed E-state index contributed by atoms with van der Waals surface area (Å²) < 4.78 is 10.9. The van der Waals surface area contributed by atoms with E-state index in [0.717, 1.165) is 30.2 Å². The van der Waals surface area contributed by atoms with Crippen LogP contribution in [0.4, 0.5) is 0 Å². The minimum absolute atomic E-state index is 0.412. The molecule has 0 saturated heterocycles. The second-order valence-corrected chi connectivity index (χ2v) is 5.40. The molecule has 3 nitrogen and oxygen atoms in total. The van der Waals surface area contributed by atoms with E-state index in [2.05, 4.69) is 23.5 Å². The van der Waals surface area contributed by atoms with Gasteiger partial charge in [-0.25, -0.2) is 0 Å². The molecule has 0 radical (unpaired) electrons. The molecular formula is C17H21NO2. The van der Waals surface area contributed by atoms with Gasteiger partial charge in [-0.1, -0.05) is 6.07 Å². The van der Waals surface area contributed by atoms with Gasteiger partial charge in [0.05, 0.1) is 13.7 Å². The summed E-state index contributed by atoms with van der Waals surface area (Å²) in [6.07, 6.45) is 3.54. The Labute approximate surface area is 119 Å². The van der Waals surface area contributed by atoms with Crippen LogP contribution in [0.5, 0.6) is 5.75 Å². The summed E-state index contributed by atoms with van der Waals surface area (Å²) in [5, 5.41) is 3.61. The molecule has 0 aliphatic heterocycles. The van der Waals surface area contributed by atoms with Crippen LogP contribution in [0.15, 0.2) is 34.7 Å². The monoisotopic (exact) mass is 271 g/mol. The minimum atomic E-state index is 0.412. The van der Waals surface area contributed by atoms with Crippen molar-refractivity contribution in [3.63, 3.8) is 0 Å². The highest BCUT2D eigenvalue weighted by Crippen LogP contribution is 2.32. The molecule has 20 heavy (non-hydrogen) atoms. The second-order valence-electron chi connectivity index (χ2n) is 5.40. The van der Waals surface area contributed by atoms with E-state index in [1.54, 1.807) is 7.11 Å². The molecular weight excluding hydrogens is 250 g/mol. The van der Waals surface area contributed by atoms with E-state index in [0.29, 0.717) is 6.04 Å². The molecule has 3 heteroatoms. The molecule has 0 spiro atoms. The Morgan fingerprint density at radius 2 is 2.20 bits per heavy atom. The summed E-state index contributed by atoms with van der Waals surface area (Å²) in [5.41, 5.74) is 2.81. The molecule has 1 aliphatic carbocycles. The van der Waals surface area contributed by atoms with Crippen LogP contribution in [0.3, 0.4) is 0 Å². The van der Waals surface area contributed by atoms with Gasteiger partial charge in [-0.15, -0.1) is 0 Å². The zero-order chi connectivity index (χ0) is 13.9. The maximum atomic E-state index is 5.62. The Morgan fingerprint density at radius 1 is 1.30 bits per heavy atom. The third-order valence-corrected chi connectivity index (χ3v) is 3.98. The first-order valence-corrected chi connectivity index (χ1v) is 7.22. The van der Waals surface area contributed by atoms with Crippen molar-refractivity contribution in [1.29, 1.82) is 0 Å². The molecule has 1 aromatic heterocycles. The highest BCUT2D eigenvalue weighted by Gasteiger charge is 2.20. The van der Waals surface area contributed by atoms with Crippen molar-refractivity contribution in [2.75, 3.05) is 7.11 Å². The lowest BCUT2D eigenvalue weighted by atomic mass is 9.87. The lowest BCUT2D eigenvalue weighted by molar-refractivity contribution is 0.401. The van der Waals surface area contributed by atoms with E-state index in [-0.39, 0.29) is 0 Å². The smallest absolute Gasteiger partial charge is 0.119 e. The van der Waals surface area contributed by atoms with Crippen molar-refractivity contribution < 1.29 is 9.15 Å². The number of aryl methyl sites for hydroxylation is 2. The van der Waals surface area contributed by atoms with Crippen LogP contribution in [0.25, 0.3) is 0 Å². The summed E-state index contributed by atoms with van der Waals surface area (Å²) in [7, 11) is 1.72. The van der Waals surface area contributed by atoms with Gasteiger partial charge in [0.1, 0.15) is 17.3 Å². The number of hydrogen-bond acceptors (Lipinski definition) is 3. The molecule has 2 aromatic rings. The molecule has 1 N–H and O–H groups in total. The van der Waals surface area contributed by atoms with Gasteiger partial charge in [-0.3, -0.25) is 0 Å². The van der Waals surface area contributed by atoms with Crippen LogP contribution in [0.1, 0.15) is 41.5 Å². The van der Waals surface area contributed by atoms with Gasteiger partial charge in [0.15, 0.2) is 0 Å². The van der Waals surface area contributed by atoms with Crippen LogP contribution in [0, 0.1) is 6.92 Å². The Balaban J connectivity index is 1.73. The van der Waals surface area contributed by atoms with Crippen molar-refractivity contribution in [1.82, 2.24) is 5.32 Å². The van der Waals surface area contributed by atoms with Crippen LogP contribution >= 0.6 is 0 Å². The summed E-state index contributed by atoms with van der Waals surface area (Å²) in [6, 6.07) is 10.9. The summed E-state index contributed by atoms with van der Waals surface area (Å²) in [5.74, 6) is 2.92. The highest BCUT2D eigenvalue weighted by atomic mass is 16.5. The largest absolute Gasteiger partial charge is 0.497 e. The Kier molecular flexibility index (Phi) is 3.79. The number of fused-ring (bicyclic) bond motifs is 1.